The molecule has 0 rings (SSSR count). The van der Waals surface area contributed by atoms with Crippen molar-refractivity contribution < 1.29 is 14.3 Å². The molecule has 2 N–H and O–H groups in total. The fourth-order valence-electron chi connectivity index (χ4n) is 1.37. The average Bonchev–Trinajstić information content (AvgIpc) is 2.24. The van der Waals surface area contributed by atoms with Crippen LogP contribution in [0.2, 0.25) is 0 Å². The first-order valence-corrected chi connectivity index (χ1v) is 5.56. The zero-order valence-corrected chi connectivity index (χ0v) is 10.5. The van der Waals surface area contributed by atoms with Crippen molar-refractivity contribution in [1.82, 2.24) is 4.90 Å². The number of ether oxygens (including phenoxy) is 1. The van der Waals surface area contributed by atoms with Crippen LogP contribution in [0.15, 0.2) is 0 Å². The molecule has 1 amide bonds. The minimum absolute atomic E-state index is 0.0373. The topological polar surface area (TPSA) is 72.6 Å². The third-order valence-corrected chi connectivity index (χ3v) is 2.35. The second kappa shape index (κ2) is 7.22. The zero-order valence-electron chi connectivity index (χ0n) is 10.5. The monoisotopic (exact) mass is 230 g/mol. The second-order valence-electron chi connectivity index (χ2n) is 4.03. The molecule has 5 heteroatoms. The van der Waals surface area contributed by atoms with E-state index in [1.54, 1.807) is 0 Å². The molecule has 0 aliphatic carbocycles. The predicted molar refractivity (Wildman–Crippen MR) is 61.7 cm³/mol. The van der Waals surface area contributed by atoms with E-state index >= 15 is 0 Å². The van der Waals surface area contributed by atoms with Crippen molar-refractivity contribution in [3.8, 4) is 0 Å². The van der Waals surface area contributed by atoms with Crippen molar-refractivity contribution in [2.45, 2.75) is 45.7 Å². The van der Waals surface area contributed by atoms with E-state index in [0.717, 1.165) is 6.42 Å². The number of amides is 1. The highest BCUT2D eigenvalue weighted by atomic mass is 16.5. The quantitative estimate of drug-likeness (QED) is 0.675. The van der Waals surface area contributed by atoms with Crippen LogP contribution in [0.5, 0.6) is 0 Å². The van der Waals surface area contributed by atoms with Gasteiger partial charge in [-0.1, -0.05) is 13.3 Å². The van der Waals surface area contributed by atoms with E-state index in [9.17, 15) is 9.59 Å². The highest BCUT2D eigenvalue weighted by Crippen LogP contribution is 2.05. The van der Waals surface area contributed by atoms with Gasteiger partial charge in [-0.05, 0) is 20.3 Å². The van der Waals surface area contributed by atoms with Gasteiger partial charge in [0.15, 0.2) is 0 Å². The van der Waals surface area contributed by atoms with E-state index in [0.29, 0.717) is 6.42 Å². The summed E-state index contributed by atoms with van der Waals surface area (Å²) in [5, 5.41) is 0. The van der Waals surface area contributed by atoms with Gasteiger partial charge < -0.3 is 15.4 Å². The van der Waals surface area contributed by atoms with E-state index in [2.05, 4.69) is 4.74 Å². The number of rotatable bonds is 6. The van der Waals surface area contributed by atoms with Gasteiger partial charge in [-0.2, -0.15) is 0 Å². The molecule has 0 fully saturated rings. The lowest BCUT2D eigenvalue weighted by atomic mass is 10.1. The molecule has 1 atom stereocenters. The molecule has 0 saturated carbocycles. The number of nitrogens with two attached hydrogens (primary N) is 1. The summed E-state index contributed by atoms with van der Waals surface area (Å²) in [5.74, 6) is -0.618. The third kappa shape index (κ3) is 4.61. The number of carbonyl (C=O) groups excluding carboxylic acids is 2. The lowest BCUT2D eigenvalue weighted by Gasteiger charge is -2.28. The zero-order chi connectivity index (χ0) is 12.7. The Morgan fingerprint density at radius 3 is 2.31 bits per heavy atom. The summed E-state index contributed by atoms with van der Waals surface area (Å²) < 4.78 is 4.55. The Bertz CT molecular complexity index is 241. The first kappa shape index (κ1) is 14.9. The van der Waals surface area contributed by atoms with Gasteiger partial charge in [0, 0.05) is 6.04 Å². The molecule has 0 aromatic rings. The van der Waals surface area contributed by atoms with Gasteiger partial charge in [0.05, 0.1) is 13.2 Å². The van der Waals surface area contributed by atoms with Crippen LogP contribution in [-0.2, 0) is 14.3 Å². The Morgan fingerprint density at radius 1 is 1.38 bits per heavy atom. The van der Waals surface area contributed by atoms with Crippen molar-refractivity contribution in [1.29, 1.82) is 0 Å². The van der Waals surface area contributed by atoms with Crippen molar-refractivity contribution in [2.24, 2.45) is 5.73 Å². The molecule has 0 aromatic heterocycles. The van der Waals surface area contributed by atoms with Gasteiger partial charge in [-0.3, -0.25) is 9.59 Å². The number of methoxy groups -OCH3 is 1. The summed E-state index contributed by atoms with van der Waals surface area (Å²) in [5.41, 5.74) is 5.74. The Hall–Kier alpha value is -1.10. The van der Waals surface area contributed by atoms with Gasteiger partial charge in [0.25, 0.3) is 0 Å². The maximum absolute atomic E-state index is 11.9. The molecular weight excluding hydrogens is 208 g/mol. The van der Waals surface area contributed by atoms with Crippen LogP contribution in [0.4, 0.5) is 0 Å². The molecule has 5 nitrogen and oxygen atoms in total. The summed E-state index contributed by atoms with van der Waals surface area (Å²) in [6.07, 6.45) is 1.47. The third-order valence-electron chi connectivity index (χ3n) is 2.35. The number of hydrogen-bond donors (Lipinski definition) is 1. The van der Waals surface area contributed by atoms with Gasteiger partial charge in [-0.15, -0.1) is 0 Å². The Morgan fingerprint density at radius 2 is 1.94 bits per heavy atom. The van der Waals surface area contributed by atoms with E-state index in [1.165, 1.54) is 12.0 Å². The first-order valence-electron chi connectivity index (χ1n) is 5.56. The van der Waals surface area contributed by atoms with Gasteiger partial charge in [0.1, 0.15) is 6.54 Å². The summed E-state index contributed by atoms with van der Waals surface area (Å²) in [6.45, 7) is 5.62. The average molecular weight is 230 g/mol. The SMILES string of the molecule is CCC[C@@H](N)C(=O)N(CC(=O)OC)C(C)C. The van der Waals surface area contributed by atoms with Gasteiger partial charge in [-0.25, -0.2) is 0 Å². The minimum Gasteiger partial charge on any atom is -0.468 e. The molecule has 0 spiro atoms. The molecule has 0 aliphatic rings. The Kier molecular flexibility index (Phi) is 6.72. The largest absolute Gasteiger partial charge is 0.468 e. The molecule has 0 aliphatic heterocycles. The number of nitrogens with zero attached hydrogens (tertiary/aromatic N) is 1. The van der Waals surface area contributed by atoms with E-state index < -0.39 is 12.0 Å². The standard InChI is InChI=1S/C11H22N2O3/c1-5-6-9(12)11(15)13(8(2)3)7-10(14)16-4/h8-9H,5-7,12H2,1-4H3/t9-/m1/s1. The van der Waals surface area contributed by atoms with Crippen LogP contribution < -0.4 is 5.73 Å². The second-order valence-corrected chi connectivity index (χ2v) is 4.03. The van der Waals surface area contributed by atoms with Crippen molar-refractivity contribution >= 4 is 11.9 Å². The van der Waals surface area contributed by atoms with Crippen LogP contribution >= 0.6 is 0 Å². The van der Waals surface area contributed by atoms with Crippen LogP contribution in [0, 0.1) is 0 Å². The number of carbonyl (C=O) groups is 2. The summed E-state index contributed by atoms with van der Waals surface area (Å²) in [6, 6.07) is -0.591. The number of hydrogen-bond acceptors (Lipinski definition) is 4. The van der Waals surface area contributed by atoms with Crippen molar-refractivity contribution in [3.63, 3.8) is 0 Å². The smallest absolute Gasteiger partial charge is 0.325 e. The first-order chi connectivity index (χ1) is 7.43. The molecule has 0 unspecified atom stereocenters. The normalized spacial score (nSPS) is 12.4. The highest BCUT2D eigenvalue weighted by Gasteiger charge is 2.24. The van der Waals surface area contributed by atoms with Crippen molar-refractivity contribution in [2.75, 3.05) is 13.7 Å². The summed E-state index contributed by atoms with van der Waals surface area (Å²) in [7, 11) is 1.30. The van der Waals surface area contributed by atoms with E-state index in [4.69, 9.17) is 5.73 Å². The fourth-order valence-corrected chi connectivity index (χ4v) is 1.37. The Balaban J connectivity index is 4.52. The number of esters is 1. The molecule has 0 heterocycles. The maximum atomic E-state index is 11.9. The summed E-state index contributed by atoms with van der Waals surface area (Å²) in [4.78, 5) is 24.5. The predicted octanol–water partition coefficient (Wildman–Crippen LogP) is 0.524. The van der Waals surface area contributed by atoms with E-state index in [1.807, 2.05) is 20.8 Å². The lowest BCUT2D eigenvalue weighted by Crippen LogP contribution is -2.49. The Labute approximate surface area is 96.9 Å². The fraction of sp³-hybridized carbons (Fsp3) is 0.818. The van der Waals surface area contributed by atoms with Crippen LogP contribution in [0.1, 0.15) is 33.6 Å². The molecule has 0 bridgehead atoms. The van der Waals surface area contributed by atoms with Gasteiger partial charge in [0.2, 0.25) is 5.91 Å². The molecule has 0 aromatic carbocycles. The molecule has 0 saturated heterocycles. The highest BCUT2D eigenvalue weighted by molar-refractivity contribution is 5.85. The van der Waals surface area contributed by atoms with Crippen LogP contribution in [-0.4, -0.2) is 42.5 Å². The molecule has 16 heavy (non-hydrogen) atoms. The molecular formula is C11H22N2O3. The molecule has 0 radical (unpaired) electrons. The van der Waals surface area contributed by atoms with E-state index in [-0.39, 0.29) is 18.5 Å². The van der Waals surface area contributed by atoms with Gasteiger partial charge >= 0.3 is 5.97 Å². The van der Waals surface area contributed by atoms with Crippen LogP contribution in [0.3, 0.4) is 0 Å². The maximum Gasteiger partial charge on any atom is 0.325 e. The minimum atomic E-state index is -0.531. The molecule has 94 valence electrons. The summed E-state index contributed by atoms with van der Waals surface area (Å²) >= 11 is 0. The van der Waals surface area contributed by atoms with Crippen LogP contribution in [0.25, 0.3) is 0 Å². The lowest BCUT2D eigenvalue weighted by molar-refractivity contribution is -0.148. The van der Waals surface area contributed by atoms with Crippen molar-refractivity contribution in [3.05, 3.63) is 0 Å².